The Morgan fingerprint density at radius 3 is 2.86 bits per heavy atom. The van der Waals surface area contributed by atoms with Crippen molar-refractivity contribution in [2.24, 2.45) is 0 Å². The van der Waals surface area contributed by atoms with Crippen LogP contribution in [0.1, 0.15) is 44.6 Å². The number of likely N-dealkylation sites (tertiary alicyclic amines) is 2. The molecular formula is C21H30ClN3O3. The van der Waals surface area contributed by atoms with Gasteiger partial charge < -0.3 is 19.7 Å². The Morgan fingerprint density at radius 1 is 1.21 bits per heavy atom. The largest absolute Gasteiger partial charge is 0.454 e. The molecule has 2 fully saturated rings. The van der Waals surface area contributed by atoms with Crippen LogP contribution in [0.5, 0.6) is 11.5 Å². The fourth-order valence-corrected chi connectivity index (χ4v) is 4.90. The van der Waals surface area contributed by atoms with Crippen LogP contribution >= 0.6 is 11.6 Å². The van der Waals surface area contributed by atoms with Crippen LogP contribution in [0.2, 0.25) is 5.02 Å². The molecule has 2 saturated heterocycles. The van der Waals surface area contributed by atoms with Crippen molar-refractivity contribution in [1.82, 2.24) is 15.1 Å². The Hall–Kier alpha value is -1.50. The molecule has 7 heteroatoms. The zero-order valence-electron chi connectivity index (χ0n) is 16.6. The number of carbonyl (C=O) groups excluding carboxylic acids is 1. The van der Waals surface area contributed by atoms with Gasteiger partial charge in [-0.2, -0.15) is 0 Å². The van der Waals surface area contributed by atoms with Crippen LogP contribution in [-0.2, 0) is 11.3 Å². The van der Waals surface area contributed by atoms with Gasteiger partial charge in [-0.25, -0.2) is 0 Å². The Morgan fingerprint density at radius 2 is 2.04 bits per heavy atom. The SMILES string of the molecule is CCN1CCC[C@H]1CN1C(=O)CC[C@H]1CCNCc1cc2c(cc1Cl)OCO2. The fourth-order valence-electron chi connectivity index (χ4n) is 4.68. The molecule has 1 N–H and O–H groups in total. The van der Waals surface area contributed by atoms with Crippen LogP contribution < -0.4 is 14.8 Å². The van der Waals surface area contributed by atoms with E-state index >= 15 is 0 Å². The molecule has 3 heterocycles. The number of nitrogens with zero attached hydrogens (tertiary/aromatic N) is 2. The third-order valence-corrected chi connectivity index (χ3v) is 6.63. The maximum absolute atomic E-state index is 12.4. The summed E-state index contributed by atoms with van der Waals surface area (Å²) in [6.45, 7) is 7.16. The van der Waals surface area contributed by atoms with Gasteiger partial charge in [-0.05, 0) is 56.9 Å². The van der Waals surface area contributed by atoms with E-state index in [1.807, 2.05) is 12.1 Å². The van der Waals surface area contributed by atoms with E-state index in [0.29, 0.717) is 41.7 Å². The van der Waals surface area contributed by atoms with Gasteiger partial charge in [-0.15, -0.1) is 0 Å². The molecular weight excluding hydrogens is 378 g/mol. The van der Waals surface area contributed by atoms with Crippen molar-refractivity contribution < 1.29 is 14.3 Å². The van der Waals surface area contributed by atoms with E-state index in [4.69, 9.17) is 21.1 Å². The van der Waals surface area contributed by atoms with Gasteiger partial charge in [0.1, 0.15) is 0 Å². The molecule has 1 amide bonds. The molecule has 0 aliphatic carbocycles. The molecule has 3 aliphatic rings. The second-order valence-corrected chi connectivity index (χ2v) is 8.33. The zero-order chi connectivity index (χ0) is 19.5. The van der Waals surface area contributed by atoms with Crippen molar-refractivity contribution in [1.29, 1.82) is 0 Å². The standard InChI is InChI=1S/C21H30ClN3O3/c1-2-24-9-3-4-17(24)13-25-16(5-6-21(25)26)7-8-23-12-15-10-19-20(11-18(15)22)28-14-27-19/h10-11,16-17,23H,2-9,12-14H2,1H3/t16-,17-/m0/s1. The number of likely N-dealkylation sites (N-methyl/N-ethyl adjacent to an activating group) is 1. The molecule has 2 atom stereocenters. The summed E-state index contributed by atoms with van der Waals surface area (Å²) in [6, 6.07) is 4.66. The molecule has 0 spiro atoms. The lowest BCUT2D eigenvalue weighted by Gasteiger charge is -2.31. The number of amides is 1. The highest BCUT2D eigenvalue weighted by molar-refractivity contribution is 6.31. The van der Waals surface area contributed by atoms with Gasteiger partial charge in [-0.1, -0.05) is 18.5 Å². The Kier molecular flexibility index (Phi) is 6.28. The molecule has 4 rings (SSSR count). The molecule has 0 aromatic heterocycles. The minimum absolute atomic E-state index is 0.255. The van der Waals surface area contributed by atoms with Crippen LogP contribution in [-0.4, -0.2) is 60.8 Å². The van der Waals surface area contributed by atoms with Gasteiger partial charge >= 0.3 is 0 Å². The third kappa shape index (κ3) is 4.24. The molecule has 1 aromatic carbocycles. The van der Waals surface area contributed by atoms with Crippen molar-refractivity contribution in [2.75, 3.05) is 33.0 Å². The number of ether oxygens (including phenoxy) is 2. The monoisotopic (exact) mass is 407 g/mol. The van der Waals surface area contributed by atoms with Gasteiger partial charge in [0.2, 0.25) is 12.7 Å². The maximum atomic E-state index is 12.4. The highest BCUT2D eigenvalue weighted by atomic mass is 35.5. The summed E-state index contributed by atoms with van der Waals surface area (Å²) in [5.41, 5.74) is 1.01. The van der Waals surface area contributed by atoms with E-state index in [9.17, 15) is 4.79 Å². The summed E-state index contributed by atoms with van der Waals surface area (Å²) < 4.78 is 10.8. The predicted molar refractivity (Wildman–Crippen MR) is 109 cm³/mol. The van der Waals surface area contributed by atoms with Crippen LogP contribution in [0.4, 0.5) is 0 Å². The number of carbonyl (C=O) groups is 1. The summed E-state index contributed by atoms with van der Waals surface area (Å²) >= 11 is 6.35. The van der Waals surface area contributed by atoms with Crippen molar-refractivity contribution >= 4 is 17.5 Å². The third-order valence-electron chi connectivity index (χ3n) is 6.28. The summed E-state index contributed by atoms with van der Waals surface area (Å²) in [6.07, 6.45) is 5.11. The first kappa shape index (κ1) is 19.8. The molecule has 3 aliphatic heterocycles. The predicted octanol–water partition coefficient (Wildman–Crippen LogP) is 3.02. The number of halogens is 1. The minimum atomic E-state index is 0.255. The minimum Gasteiger partial charge on any atom is -0.454 e. The van der Waals surface area contributed by atoms with E-state index in [0.717, 1.165) is 43.8 Å². The Bertz CT molecular complexity index is 714. The van der Waals surface area contributed by atoms with Crippen LogP contribution in [0.15, 0.2) is 12.1 Å². The average molecular weight is 408 g/mol. The number of rotatable bonds is 8. The molecule has 6 nitrogen and oxygen atoms in total. The summed E-state index contributed by atoms with van der Waals surface area (Å²) in [5.74, 6) is 1.79. The highest BCUT2D eigenvalue weighted by Crippen LogP contribution is 2.36. The van der Waals surface area contributed by atoms with Crippen LogP contribution in [0.25, 0.3) is 0 Å². The maximum Gasteiger partial charge on any atom is 0.231 e. The number of benzene rings is 1. The Balaban J connectivity index is 1.26. The van der Waals surface area contributed by atoms with Gasteiger partial charge in [0, 0.05) is 42.7 Å². The van der Waals surface area contributed by atoms with E-state index in [1.165, 1.54) is 19.4 Å². The average Bonchev–Trinajstić information content (AvgIpc) is 3.41. The molecule has 0 bridgehead atoms. The molecule has 1 aromatic rings. The molecule has 0 saturated carbocycles. The number of hydrogen-bond donors (Lipinski definition) is 1. The van der Waals surface area contributed by atoms with Crippen molar-refractivity contribution in [3.8, 4) is 11.5 Å². The molecule has 0 radical (unpaired) electrons. The first-order valence-electron chi connectivity index (χ1n) is 10.5. The number of nitrogens with one attached hydrogen (secondary N) is 1. The zero-order valence-corrected chi connectivity index (χ0v) is 17.3. The number of fused-ring (bicyclic) bond motifs is 1. The number of hydrogen-bond acceptors (Lipinski definition) is 5. The van der Waals surface area contributed by atoms with Crippen molar-refractivity contribution in [2.45, 2.75) is 57.7 Å². The van der Waals surface area contributed by atoms with E-state index in [-0.39, 0.29) is 6.79 Å². The smallest absolute Gasteiger partial charge is 0.231 e. The Labute approximate surface area is 172 Å². The van der Waals surface area contributed by atoms with Gasteiger partial charge in [0.25, 0.3) is 0 Å². The quantitative estimate of drug-likeness (QED) is 0.671. The van der Waals surface area contributed by atoms with Gasteiger partial charge in [0.05, 0.1) is 0 Å². The topological polar surface area (TPSA) is 54.0 Å². The van der Waals surface area contributed by atoms with Crippen LogP contribution in [0.3, 0.4) is 0 Å². The fraction of sp³-hybridized carbons (Fsp3) is 0.667. The first-order chi connectivity index (χ1) is 13.7. The highest BCUT2D eigenvalue weighted by Gasteiger charge is 2.34. The lowest BCUT2D eigenvalue weighted by Crippen LogP contribution is -2.44. The lowest BCUT2D eigenvalue weighted by atomic mass is 10.1. The first-order valence-corrected chi connectivity index (χ1v) is 10.9. The summed E-state index contributed by atoms with van der Waals surface area (Å²) in [5, 5.41) is 4.17. The van der Waals surface area contributed by atoms with E-state index < -0.39 is 0 Å². The second kappa shape index (κ2) is 8.89. The molecule has 0 unspecified atom stereocenters. The second-order valence-electron chi connectivity index (χ2n) is 7.93. The summed E-state index contributed by atoms with van der Waals surface area (Å²) in [7, 11) is 0. The summed E-state index contributed by atoms with van der Waals surface area (Å²) in [4.78, 5) is 17.1. The molecule has 28 heavy (non-hydrogen) atoms. The van der Waals surface area contributed by atoms with Gasteiger partial charge in [0.15, 0.2) is 11.5 Å². The van der Waals surface area contributed by atoms with E-state index in [2.05, 4.69) is 22.0 Å². The lowest BCUT2D eigenvalue weighted by molar-refractivity contribution is -0.129. The van der Waals surface area contributed by atoms with Crippen molar-refractivity contribution in [3.05, 3.63) is 22.7 Å². The molecule has 154 valence electrons. The van der Waals surface area contributed by atoms with Gasteiger partial charge in [-0.3, -0.25) is 9.69 Å². The van der Waals surface area contributed by atoms with Crippen LogP contribution in [0, 0.1) is 0 Å². The normalized spacial score (nSPS) is 24.5. The van der Waals surface area contributed by atoms with Crippen molar-refractivity contribution in [3.63, 3.8) is 0 Å². The van der Waals surface area contributed by atoms with E-state index in [1.54, 1.807) is 0 Å².